The van der Waals surface area contributed by atoms with Crippen molar-refractivity contribution in [3.8, 4) is 11.5 Å². The van der Waals surface area contributed by atoms with E-state index >= 15 is 0 Å². The van der Waals surface area contributed by atoms with E-state index in [0.29, 0.717) is 35.8 Å². The molecule has 29 heavy (non-hydrogen) atoms. The second kappa shape index (κ2) is 8.08. The van der Waals surface area contributed by atoms with Crippen molar-refractivity contribution in [1.29, 1.82) is 0 Å². The number of thiophene rings is 1. The zero-order chi connectivity index (χ0) is 20.5. The van der Waals surface area contributed by atoms with Crippen molar-refractivity contribution in [2.75, 3.05) is 24.8 Å². The molecule has 0 bridgehead atoms. The SMILES string of the molecule is CSc1cc2c(cc1NC(=O)CCn1cnc3sc(C)c(C)c3c1=O)OCCO2. The molecule has 152 valence electrons. The number of hydrogen-bond donors (Lipinski definition) is 1. The zero-order valence-electron chi connectivity index (χ0n) is 16.4. The molecular weight excluding hydrogens is 410 g/mol. The van der Waals surface area contributed by atoms with Crippen LogP contribution in [0.3, 0.4) is 0 Å². The van der Waals surface area contributed by atoms with Gasteiger partial charge in [0.25, 0.3) is 5.56 Å². The number of hydrogen-bond acceptors (Lipinski definition) is 7. The number of fused-ring (bicyclic) bond motifs is 2. The first-order valence-electron chi connectivity index (χ1n) is 9.20. The van der Waals surface area contributed by atoms with Crippen LogP contribution in [0.4, 0.5) is 5.69 Å². The molecule has 1 aromatic carbocycles. The van der Waals surface area contributed by atoms with Crippen LogP contribution in [0.25, 0.3) is 10.2 Å². The van der Waals surface area contributed by atoms with Crippen molar-refractivity contribution in [3.63, 3.8) is 0 Å². The fourth-order valence-electron chi connectivity index (χ4n) is 3.20. The Kier molecular flexibility index (Phi) is 5.51. The number of benzene rings is 1. The Morgan fingerprint density at radius 1 is 1.28 bits per heavy atom. The fourth-order valence-corrected chi connectivity index (χ4v) is 4.74. The maximum Gasteiger partial charge on any atom is 0.262 e. The van der Waals surface area contributed by atoms with Crippen LogP contribution in [0.2, 0.25) is 0 Å². The second-order valence-electron chi connectivity index (χ2n) is 6.70. The lowest BCUT2D eigenvalue weighted by molar-refractivity contribution is -0.116. The lowest BCUT2D eigenvalue weighted by Crippen LogP contribution is -2.24. The van der Waals surface area contributed by atoms with E-state index in [0.717, 1.165) is 20.2 Å². The van der Waals surface area contributed by atoms with Gasteiger partial charge in [0.1, 0.15) is 18.0 Å². The van der Waals surface area contributed by atoms with E-state index in [-0.39, 0.29) is 24.4 Å². The van der Waals surface area contributed by atoms with Crippen LogP contribution in [0.1, 0.15) is 16.9 Å². The van der Waals surface area contributed by atoms with E-state index in [9.17, 15) is 9.59 Å². The van der Waals surface area contributed by atoms with Gasteiger partial charge in [-0.2, -0.15) is 0 Å². The van der Waals surface area contributed by atoms with Gasteiger partial charge in [-0.15, -0.1) is 23.1 Å². The average molecular weight is 432 g/mol. The molecule has 1 amide bonds. The second-order valence-corrected chi connectivity index (χ2v) is 8.75. The topological polar surface area (TPSA) is 82.5 Å². The molecule has 0 fully saturated rings. The molecular formula is C20H21N3O4S2. The van der Waals surface area contributed by atoms with E-state index in [4.69, 9.17) is 9.47 Å². The smallest absolute Gasteiger partial charge is 0.262 e. The highest BCUT2D eigenvalue weighted by molar-refractivity contribution is 7.98. The zero-order valence-corrected chi connectivity index (χ0v) is 18.0. The monoisotopic (exact) mass is 431 g/mol. The lowest BCUT2D eigenvalue weighted by Gasteiger charge is -2.21. The predicted molar refractivity (Wildman–Crippen MR) is 116 cm³/mol. The molecule has 0 saturated carbocycles. The molecule has 0 spiro atoms. The van der Waals surface area contributed by atoms with E-state index in [1.165, 1.54) is 34.0 Å². The van der Waals surface area contributed by atoms with E-state index < -0.39 is 0 Å². The number of rotatable bonds is 5. The number of amides is 1. The minimum absolute atomic E-state index is 0.103. The van der Waals surface area contributed by atoms with Crippen molar-refractivity contribution in [2.45, 2.75) is 31.7 Å². The summed E-state index contributed by atoms with van der Waals surface area (Å²) in [4.78, 5) is 32.4. The molecule has 7 nitrogen and oxygen atoms in total. The van der Waals surface area contributed by atoms with Crippen LogP contribution in [0.5, 0.6) is 11.5 Å². The van der Waals surface area contributed by atoms with Crippen molar-refractivity contribution < 1.29 is 14.3 Å². The largest absolute Gasteiger partial charge is 0.486 e. The Balaban J connectivity index is 1.50. The predicted octanol–water partition coefficient (Wildman–Crippen LogP) is 3.60. The Morgan fingerprint density at radius 3 is 2.72 bits per heavy atom. The normalized spacial score (nSPS) is 12.9. The van der Waals surface area contributed by atoms with Crippen LogP contribution in [0, 0.1) is 13.8 Å². The summed E-state index contributed by atoms with van der Waals surface area (Å²) in [5.74, 6) is 1.13. The molecule has 2 aromatic heterocycles. The Bertz CT molecular complexity index is 1150. The number of aryl methyl sites for hydroxylation is 3. The molecule has 0 unspecified atom stereocenters. The van der Waals surface area contributed by atoms with Crippen molar-refractivity contribution >= 4 is 44.9 Å². The maximum atomic E-state index is 12.8. The Hall–Kier alpha value is -2.52. The van der Waals surface area contributed by atoms with Gasteiger partial charge in [0.2, 0.25) is 5.91 Å². The van der Waals surface area contributed by atoms with E-state index in [1.54, 1.807) is 6.07 Å². The van der Waals surface area contributed by atoms with Gasteiger partial charge in [-0.05, 0) is 31.7 Å². The molecule has 1 aliphatic heterocycles. The number of carbonyl (C=O) groups is 1. The first kappa shape index (κ1) is 19.8. The molecule has 0 radical (unpaired) electrons. The highest BCUT2D eigenvalue weighted by atomic mass is 32.2. The average Bonchev–Trinajstić information content (AvgIpc) is 3.01. The number of anilines is 1. The summed E-state index contributed by atoms with van der Waals surface area (Å²) in [5.41, 5.74) is 1.54. The number of ether oxygens (including phenoxy) is 2. The van der Waals surface area contributed by atoms with Gasteiger partial charge in [0.05, 0.1) is 17.4 Å². The standard InChI is InChI=1S/C20H21N3O4S2/c1-11-12(2)29-19-18(11)20(25)23(10-21-19)5-4-17(24)22-13-8-14-15(9-16(13)28-3)27-7-6-26-14/h8-10H,4-7H2,1-3H3,(H,22,24). The van der Waals surface area contributed by atoms with Crippen LogP contribution in [-0.4, -0.2) is 34.9 Å². The first-order chi connectivity index (χ1) is 14.0. The van der Waals surface area contributed by atoms with Crippen molar-refractivity contribution in [2.24, 2.45) is 0 Å². The van der Waals surface area contributed by atoms with Crippen LogP contribution in [-0.2, 0) is 11.3 Å². The molecule has 3 heterocycles. The third-order valence-corrected chi connectivity index (χ3v) is 6.77. The van der Waals surface area contributed by atoms with Gasteiger partial charge in [-0.25, -0.2) is 4.98 Å². The Morgan fingerprint density at radius 2 is 2.00 bits per heavy atom. The molecule has 0 aliphatic carbocycles. The third kappa shape index (κ3) is 3.84. The number of aromatic nitrogens is 2. The maximum absolute atomic E-state index is 12.8. The van der Waals surface area contributed by atoms with E-state index in [1.807, 2.05) is 26.2 Å². The fraction of sp³-hybridized carbons (Fsp3) is 0.350. The summed E-state index contributed by atoms with van der Waals surface area (Å²) >= 11 is 3.03. The number of thioether (sulfide) groups is 1. The molecule has 3 aromatic rings. The van der Waals surface area contributed by atoms with Gasteiger partial charge < -0.3 is 14.8 Å². The minimum Gasteiger partial charge on any atom is -0.486 e. The Labute approximate surface area is 176 Å². The highest BCUT2D eigenvalue weighted by Crippen LogP contribution is 2.39. The summed E-state index contributed by atoms with van der Waals surface area (Å²) in [7, 11) is 0. The molecule has 0 saturated heterocycles. The van der Waals surface area contributed by atoms with Gasteiger partial charge in [-0.3, -0.25) is 14.2 Å². The number of nitrogens with zero attached hydrogens (tertiary/aromatic N) is 2. The lowest BCUT2D eigenvalue weighted by atomic mass is 10.2. The number of nitrogens with one attached hydrogen (secondary N) is 1. The van der Waals surface area contributed by atoms with Gasteiger partial charge in [-0.1, -0.05) is 0 Å². The number of carbonyl (C=O) groups excluding carboxylic acids is 1. The summed E-state index contributed by atoms with van der Waals surface area (Å²) in [6.07, 6.45) is 3.62. The van der Waals surface area contributed by atoms with E-state index in [2.05, 4.69) is 10.3 Å². The third-order valence-electron chi connectivity index (χ3n) is 4.87. The van der Waals surface area contributed by atoms with Gasteiger partial charge in [0.15, 0.2) is 11.5 Å². The summed E-state index contributed by atoms with van der Waals surface area (Å²) in [6, 6.07) is 3.66. The highest BCUT2D eigenvalue weighted by Gasteiger charge is 2.17. The van der Waals surface area contributed by atoms with Crippen LogP contribution < -0.4 is 20.3 Å². The minimum atomic E-state index is -0.179. The van der Waals surface area contributed by atoms with Crippen molar-refractivity contribution in [1.82, 2.24) is 9.55 Å². The molecule has 0 atom stereocenters. The van der Waals surface area contributed by atoms with Crippen LogP contribution >= 0.6 is 23.1 Å². The van der Waals surface area contributed by atoms with Gasteiger partial charge in [0, 0.05) is 28.8 Å². The van der Waals surface area contributed by atoms with Crippen LogP contribution in [0.15, 0.2) is 28.2 Å². The molecule has 1 aliphatic rings. The quantitative estimate of drug-likeness (QED) is 0.622. The van der Waals surface area contributed by atoms with Crippen molar-refractivity contribution in [3.05, 3.63) is 39.3 Å². The summed E-state index contributed by atoms with van der Waals surface area (Å²) < 4.78 is 12.7. The molecule has 4 rings (SSSR count). The summed E-state index contributed by atoms with van der Waals surface area (Å²) in [6.45, 7) is 5.18. The molecule has 9 heteroatoms. The summed E-state index contributed by atoms with van der Waals surface area (Å²) in [5, 5.41) is 3.57. The first-order valence-corrected chi connectivity index (χ1v) is 11.2. The molecule has 1 N–H and O–H groups in total. The van der Waals surface area contributed by atoms with Gasteiger partial charge >= 0.3 is 0 Å².